The molecule has 4 nitrogen and oxygen atoms in total. The van der Waals surface area contributed by atoms with Gasteiger partial charge in [0.2, 0.25) is 10.0 Å². The molecule has 70 valence electrons. The summed E-state index contributed by atoms with van der Waals surface area (Å²) in [6.45, 7) is 0. The van der Waals surface area contributed by atoms with Crippen LogP contribution in [0.2, 0.25) is 0 Å². The Morgan fingerprint density at radius 3 is 2.46 bits per heavy atom. The third-order valence-corrected chi connectivity index (χ3v) is 3.40. The molecule has 0 bridgehead atoms. The van der Waals surface area contributed by atoms with Crippen LogP contribution in [0.1, 0.15) is 12.8 Å². The summed E-state index contributed by atoms with van der Waals surface area (Å²) in [5, 5.41) is 0. The molecular weight excluding hydrogens is 188 g/mol. The molecular formula is C8H10N2O2S. The van der Waals surface area contributed by atoms with E-state index in [1.165, 1.54) is 24.5 Å². The Labute approximate surface area is 77.1 Å². The average molecular weight is 198 g/mol. The van der Waals surface area contributed by atoms with Gasteiger partial charge >= 0.3 is 0 Å². The Morgan fingerprint density at radius 2 is 1.92 bits per heavy atom. The van der Waals surface area contributed by atoms with Crippen molar-refractivity contribution in [3.05, 3.63) is 24.5 Å². The van der Waals surface area contributed by atoms with E-state index in [2.05, 4.69) is 9.71 Å². The van der Waals surface area contributed by atoms with Gasteiger partial charge < -0.3 is 0 Å². The van der Waals surface area contributed by atoms with Crippen LogP contribution in [0.5, 0.6) is 0 Å². The van der Waals surface area contributed by atoms with Crippen molar-refractivity contribution >= 4 is 10.0 Å². The summed E-state index contributed by atoms with van der Waals surface area (Å²) >= 11 is 0. The molecule has 0 radical (unpaired) electrons. The lowest BCUT2D eigenvalue weighted by Crippen LogP contribution is -2.25. The van der Waals surface area contributed by atoms with E-state index in [4.69, 9.17) is 0 Å². The summed E-state index contributed by atoms with van der Waals surface area (Å²) in [5.74, 6) is 0. The molecule has 0 aliphatic heterocycles. The Balaban J connectivity index is 2.23. The van der Waals surface area contributed by atoms with Gasteiger partial charge in [0.05, 0.1) is 4.90 Å². The van der Waals surface area contributed by atoms with Crippen molar-refractivity contribution in [1.29, 1.82) is 0 Å². The highest BCUT2D eigenvalue weighted by atomic mass is 32.2. The molecule has 1 saturated carbocycles. The van der Waals surface area contributed by atoms with Gasteiger partial charge in [-0.05, 0) is 25.0 Å². The van der Waals surface area contributed by atoms with Crippen LogP contribution < -0.4 is 4.72 Å². The zero-order valence-corrected chi connectivity index (χ0v) is 7.79. The highest BCUT2D eigenvalue weighted by Gasteiger charge is 2.27. The highest BCUT2D eigenvalue weighted by molar-refractivity contribution is 7.89. The van der Waals surface area contributed by atoms with Gasteiger partial charge in [0.25, 0.3) is 0 Å². The van der Waals surface area contributed by atoms with Gasteiger partial charge in [0.15, 0.2) is 0 Å². The maximum atomic E-state index is 11.5. The Kier molecular flexibility index (Phi) is 2.05. The first kappa shape index (κ1) is 8.65. The van der Waals surface area contributed by atoms with Crippen molar-refractivity contribution < 1.29 is 8.42 Å². The Morgan fingerprint density at radius 1 is 1.31 bits per heavy atom. The fourth-order valence-electron chi connectivity index (χ4n) is 1.01. The third-order valence-electron chi connectivity index (χ3n) is 1.86. The number of hydrogen-bond acceptors (Lipinski definition) is 3. The van der Waals surface area contributed by atoms with Gasteiger partial charge in [-0.3, -0.25) is 4.98 Å². The van der Waals surface area contributed by atoms with Crippen LogP contribution >= 0.6 is 0 Å². The molecule has 1 N–H and O–H groups in total. The first-order chi connectivity index (χ1) is 6.18. The molecule has 1 aliphatic rings. The number of nitrogens with zero attached hydrogens (tertiary/aromatic N) is 1. The van der Waals surface area contributed by atoms with Crippen molar-refractivity contribution in [2.75, 3.05) is 0 Å². The van der Waals surface area contributed by atoms with E-state index >= 15 is 0 Å². The standard InChI is InChI=1S/C8H10N2O2S/c11-13(12,10-7-1-2-7)8-3-5-9-6-4-8/h3-7,10H,1-2H2. The summed E-state index contributed by atoms with van der Waals surface area (Å²) in [6.07, 6.45) is 4.84. The predicted molar refractivity (Wildman–Crippen MR) is 47.6 cm³/mol. The summed E-state index contributed by atoms with van der Waals surface area (Å²) in [7, 11) is -3.29. The van der Waals surface area contributed by atoms with Crippen LogP contribution in [0.15, 0.2) is 29.4 Å². The van der Waals surface area contributed by atoms with Crippen LogP contribution in [0, 0.1) is 0 Å². The van der Waals surface area contributed by atoms with E-state index < -0.39 is 10.0 Å². The van der Waals surface area contributed by atoms with Crippen LogP contribution in [-0.2, 0) is 10.0 Å². The van der Waals surface area contributed by atoms with Crippen LogP contribution in [0.4, 0.5) is 0 Å². The molecule has 0 aromatic carbocycles. The monoisotopic (exact) mass is 198 g/mol. The zero-order chi connectivity index (χ0) is 9.31. The largest absolute Gasteiger partial charge is 0.265 e. The summed E-state index contributed by atoms with van der Waals surface area (Å²) in [5.41, 5.74) is 0. The smallest absolute Gasteiger partial charge is 0.240 e. The minimum Gasteiger partial charge on any atom is -0.265 e. The van der Waals surface area contributed by atoms with Gasteiger partial charge in [-0.15, -0.1) is 0 Å². The van der Waals surface area contributed by atoms with Gasteiger partial charge in [-0.25, -0.2) is 13.1 Å². The maximum Gasteiger partial charge on any atom is 0.240 e. The van der Waals surface area contributed by atoms with E-state index in [0.717, 1.165) is 12.8 Å². The lowest BCUT2D eigenvalue weighted by molar-refractivity contribution is 0.581. The summed E-state index contributed by atoms with van der Waals surface area (Å²) in [4.78, 5) is 4.05. The second-order valence-electron chi connectivity index (χ2n) is 3.08. The molecule has 1 aromatic rings. The predicted octanol–water partition coefficient (Wildman–Crippen LogP) is 0.522. The average Bonchev–Trinajstić information content (AvgIpc) is 2.89. The molecule has 0 saturated heterocycles. The quantitative estimate of drug-likeness (QED) is 0.770. The van der Waals surface area contributed by atoms with E-state index in [1.54, 1.807) is 0 Å². The normalized spacial score (nSPS) is 17.2. The van der Waals surface area contributed by atoms with Crippen LogP contribution in [0.25, 0.3) is 0 Å². The third kappa shape index (κ3) is 2.05. The van der Waals surface area contributed by atoms with Gasteiger partial charge in [0.1, 0.15) is 0 Å². The van der Waals surface area contributed by atoms with Crippen molar-refractivity contribution in [3.63, 3.8) is 0 Å². The summed E-state index contributed by atoms with van der Waals surface area (Å²) < 4.78 is 25.7. The van der Waals surface area contributed by atoms with Crippen LogP contribution in [0.3, 0.4) is 0 Å². The minimum absolute atomic E-state index is 0.151. The fourth-order valence-corrected chi connectivity index (χ4v) is 2.30. The number of aromatic nitrogens is 1. The van der Waals surface area contributed by atoms with E-state index in [9.17, 15) is 8.42 Å². The van der Waals surface area contributed by atoms with E-state index in [-0.39, 0.29) is 10.9 Å². The molecule has 5 heteroatoms. The number of pyridine rings is 1. The van der Waals surface area contributed by atoms with Crippen molar-refractivity contribution in [2.24, 2.45) is 0 Å². The fraction of sp³-hybridized carbons (Fsp3) is 0.375. The molecule has 0 spiro atoms. The molecule has 1 aliphatic carbocycles. The molecule has 2 rings (SSSR count). The highest BCUT2D eigenvalue weighted by Crippen LogP contribution is 2.21. The maximum absolute atomic E-state index is 11.5. The lowest BCUT2D eigenvalue weighted by Gasteiger charge is -2.03. The molecule has 13 heavy (non-hydrogen) atoms. The van der Waals surface area contributed by atoms with E-state index in [1.807, 2.05) is 0 Å². The van der Waals surface area contributed by atoms with Crippen molar-refractivity contribution in [1.82, 2.24) is 9.71 Å². The van der Waals surface area contributed by atoms with Gasteiger partial charge in [-0.2, -0.15) is 0 Å². The molecule has 0 unspecified atom stereocenters. The summed E-state index contributed by atoms with van der Waals surface area (Å²) in [6, 6.07) is 3.13. The second kappa shape index (κ2) is 3.08. The number of hydrogen-bond donors (Lipinski definition) is 1. The van der Waals surface area contributed by atoms with Gasteiger partial charge in [-0.1, -0.05) is 0 Å². The molecule has 1 heterocycles. The van der Waals surface area contributed by atoms with E-state index in [0.29, 0.717) is 0 Å². The Bertz CT molecular complexity index is 384. The Hall–Kier alpha value is -0.940. The number of rotatable bonds is 3. The molecule has 0 amide bonds. The topological polar surface area (TPSA) is 59.1 Å². The number of nitrogens with one attached hydrogen (secondary N) is 1. The SMILES string of the molecule is O=S(=O)(NC1CC1)c1ccncc1. The first-order valence-corrected chi connectivity index (χ1v) is 5.59. The molecule has 1 fully saturated rings. The lowest BCUT2D eigenvalue weighted by atomic mass is 10.5. The zero-order valence-electron chi connectivity index (χ0n) is 6.97. The second-order valence-corrected chi connectivity index (χ2v) is 4.79. The minimum atomic E-state index is -3.29. The van der Waals surface area contributed by atoms with Crippen molar-refractivity contribution in [2.45, 2.75) is 23.8 Å². The first-order valence-electron chi connectivity index (χ1n) is 4.11. The molecule has 1 aromatic heterocycles. The molecule has 0 atom stereocenters. The van der Waals surface area contributed by atoms with Crippen molar-refractivity contribution in [3.8, 4) is 0 Å². The number of sulfonamides is 1. The van der Waals surface area contributed by atoms with Crippen LogP contribution in [-0.4, -0.2) is 19.4 Å². The van der Waals surface area contributed by atoms with Gasteiger partial charge in [0, 0.05) is 18.4 Å².